The number of rotatable bonds is 2. The minimum absolute atomic E-state index is 0.0207. The summed E-state index contributed by atoms with van der Waals surface area (Å²) in [5.74, 6) is 0.281. The lowest BCUT2D eigenvalue weighted by Gasteiger charge is -2.20. The second-order valence-corrected chi connectivity index (χ2v) is 7.08. The molecular weight excluding hydrogens is 356 g/mol. The van der Waals surface area contributed by atoms with E-state index in [1.54, 1.807) is 12.1 Å². The molecule has 0 aliphatic heterocycles. The summed E-state index contributed by atoms with van der Waals surface area (Å²) in [4.78, 5) is 12.4. The molecule has 0 saturated carbocycles. The van der Waals surface area contributed by atoms with Crippen molar-refractivity contribution in [2.75, 3.05) is 0 Å². The summed E-state index contributed by atoms with van der Waals surface area (Å²) < 4.78 is 0. The fourth-order valence-electron chi connectivity index (χ4n) is 4.05. The van der Waals surface area contributed by atoms with Crippen LogP contribution in [0.5, 0.6) is 5.75 Å². The monoisotopic (exact) mass is 374 g/mol. The van der Waals surface area contributed by atoms with Crippen molar-refractivity contribution in [2.24, 2.45) is 0 Å². The number of carbonyl (C=O) groups is 1. The molecule has 0 radical (unpaired) electrons. The minimum atomic E-state index is 0.0207. The van der Waals surface area contributed by atoms with Gasteiger partial charge in [-0.2, -0.15) is 0 Å². The molecule has 1 aliphatic rings. The number of phenolic OH excluding ortho intramolecular Hbond substituents is 1. The van der Waals surface area contributed by atoms with Gasteiger partial charge < -0.3 is 5.11 Å². The van der Waals surface area contributed by atoms with Crippen LogP contribution in [0.25, 0.3) is 21.9 Å². The molecular formula is C27H18O2. The first kappa shape index (κ1) is 17.2. The van der Waals surface area contributed by atoms with Gasteiger partial charge in [-0.1, -0.05) is 84.9 Å². The number of benzene rings is 4. The summed E-state index contributed by atoms with van der Waals surface area (Å²) >= 11 is 0. The Balaban J connectivity index is 1.92. The summed E-state index contributed by atoms with van der Waals surface area (Å²) in [7, 11) is 0. The number of carbonyl (C=O) groups excluding carboxylic acids is 1. The molecule has 0 amide bonds. The van der Waals surface area contributed by atoms with Crippen LogP contribution in [0.15, 0.2) is 103 Å². The molecule has 0 spiro atoms. The van der Waals surface area contributed by atoms with Gasteiger partial charge in [0.25, 0.3) is 0 Å². The predicted molar refractivity (Wildman–Crippen MR) is 118 cm³/mol. The van der Waals surface area contributed by atoms with Gasteiger partial charge in [0.05, 0.1) is 0 Å². The van der Waals surface area contributed by atoms with Crippen molar-refractivity contribution >= 4 is 27.7 Å². The van der Waals surface area contributed by atoms with Crippen molar-refractivity contribution in [1.82, 2.24) is 0 Å². The third-order valence-corrected chi connectivity index (χ3v) is 5.39. The maximum atomic E-state index is 12.4. The molecule has 1 aliphatic carbocycles. The Hall–Kier alpha value is -3.91. The Morgan fingerprint density at radius 2 is 1.28 bits per heavy atom. The molecule has 29 heavy (non-hydrogen) atoms. The second-order valence-electron chi connectivity index (χ2n) is 7.08. The number of hydrogen-bond donors (Lipinski definition) is 1. The first-order valence-corrected chi connectivity index (χ1v) is 9.56. The molecule has 0 fully saturated rings. The molecule has 138 valence electrons. The standard InChI is InChI=1S/C27H18O2/c28-25-16-14-23(19-10-4-6-12-21(19)25)27(18-8-2-1-3-9-18)24-15-17-26(29)22-13-7-5-11-20(22)24/h1-17,28H/b27-24+. The Morgan fingerprint density at radius 1 is 0.621 bits per heavy atom. The van der Waals surface area contributed by atoms with Crippen LogP contribution in [0.3, 0.4) is 0 Å². The highest BCUT2D eigenvalue weighted by Gasteiger charge is 2.21. The zero-order valence-electron chi connectivity index (χ0n) is 15.7. The summed E-state index contributed by atoms with van der Waals surface area (Å²) in [6.07, 6.45) is 3.55. The second kappa shape index (κ2) is 6.92. The molecule has 0 atom stereocenters. The van der Waals surface area contributed by atoms with Crippen LogP contribution in [0.1, 0.15) is 27.0 Å². The molecule has 0 saturated heterocycles. The van der Waals surface area contributed by atoms with Crippen molar-refractivity contribution in [3.63, 3.8) is 0 Å². The Labute approximate surface area is 169 Å². The van der Waals surface area contributed by atoms with E-state index in [0.717, 1.165) is 38.6 Å². The largest absolute Gasteiger partial charge is 0.507 e. The normalized spacial score (nSPS) is 14.7. The molecule has 4 aromatic rings. The minimum Gasteiger partial charge on any atom is -0.507 e. The zero-order valence-corrected chi connectivity index (χ0v) is 15.7. The van der Waals surface area contributed by atoms with Crippen LogP contribution >= 0.6 is 0 Å². The quantitative estimate of drug-likeness (QED) is 0.450. The van der Waals surface area contributed by atoms with Crippen LogP contribution in [-0.2, 0) is 0 Å². The fraction of sp³-hybridized carbons (Fsp3) is 0. The highest BCUT2D eigenvalue weighted by molar-refractivity contribution is 6.18. The van der Waals surface area contributed by atoms with Crippen molar-refractivity contribution in [3.8, 4) is 5.75 Å². The molecule has 1 N–H and O–H groups in total. The molecule has 0 aromatic heterocycles. The van der Waals surface area contributed by atoms with Crippen molar-refractivity contribution in [3.05, 3.63) is 125 Å². The average Bonchev–Trinajstić information content (AvgIpc) is 2.78. The first-order chi connectivity index (χ1) is 14.2. The van der Waals surface area contributed by atoms with Gasteiger partial charge in [0.1, 0.15) is 5.75 Å². The highest BCUT2D eigenvalue weighted by Crippen LogP contribution is 2.40. The summed E-state index contributed by atoms with van der Waals surface area (Å²) in [6.45, 7) is 0. The van der Waals surface area contributed by atoms with Gasteiger partial charge in [0, 0.05) is 10.9 Å². The van der Waals surface area contributed by atoms with Gasteiger partial charge in [0.15, 0.2) is 5.78 Å². The van der Waals surface area contributed by atoms with E-state index in [1.807, 2.05) is 78.9 Å². The number of phenols is 1. The SMILES string of the molecule is O=C1C=C/C(=C(/c2ccccc2)c2ccc(O)c3ccccc23)c2ccccc21. The number of aromatic hydroxyl groups is 1. The van der Waals surface area contributed by atoms with Crippen LogP contribution < -0.4 is 0 Å². The van der Waals surface area contributed by atoms with E-state index in [-0.39, 0.29) is 11.5 Å². The zero-order chi connectivity index (χ0) is 19.8. The lowest BCUT2D eigenvalue weighted by molar-refractivity contribution is 0.104. The lowest BCUT2D eigenvalue weighted by Crippen LogP contribution is -2.06. The van der Waals surface area contributed by atoms with Crippen molar-refractivity contribution in [2.45, 2.75) is 0 Å². The topological polar surface area (TPSA) is 37.3 Å². The Bertz CT molecular complexity index is 1310. The smallest absolute Gasteiger partial charge is 0.186 e. The Kier molecular flexibility index (Phi) is 4.10. The van der Waals surface area contributed by atoms with Gasteiger partial charge in [-0.3, -0.25) is 4.79 Å². The van der Waals surface area contributed by atoms with E-state index in [1.165, 1.54) is 0 Å². The maximum Gasteiger partial charge on any atom is 0.186 e. The molecule has 5 rings (SSSR count). The summed E-state index contributed by atoms with van der Waals surface area (Å²) in [5, 5.41) is 12.2. The third-order valence-electron chi connectivity index (χ3n) is 5.39. The van der Waals surface area contributed by atoms with Gasteiger partial charge in [-0.25, -0.2) is 0 Å². The molecule has 0 heterocycles. The van der Waals surface area contributed by atoms with Crippen LogP contribution in [-0.4, -0.2) is 10.9 Å². The average molecular weight is 374 g/mol. The number of fused-ring (bicyclic) bond motifs is 2. The summed E-state index contributed by atoms with van der Waals surface area (Å²) in [5.41, 5.74) is 5.76. The van der Waals surface area contributed by atoms with Gasteiger partial charge >= 0.3 is 0 Å². The molecule has 2 heteroatoms. The van der Waals surface area contributed by atoms with Crippen molar-refractivity contribution in [1.29, 1.82) is 0 Å². The molecule has 0 unspecified atom stereocenters. The van der Waals surface area contributed by atoms with Gasteiger partial charge in [-0.15, -0.1) is 0 Å². The Morgan fingerprint density at radius 3 is 2.07 bits per heavy atom. The number of hydrogen-bond acceptors (Lipinski definition) is 2. The summed E-state index contributed by atoms with van der Waals surface area (Å²) in [6, 6.07) is 29.5. The van der Waals surface area contributed by atoms with E-state index in [0.29, 0.717) is 5.56 Å². The highest BCUT2D eigenvalue weighted by atomic mass is 16.3. The third kappa shape index (κ3) is 2.86. The van der Waals surface area contributed by atoms with Crippen LogP contribution in [0, 0.1) is 0 Å². The first-order valence-electron chi connectivity index (χ1n) is 9.56. The molecule has 4 aromatic carbocycles. The number of allylic oxidation sites excluding steroid dienone is 3. The van der Waals surface area contributed by atoms with E-state index in [2.05, 4.69) is 12.1 Å². The van der Waals surface area contributed by atoms with Gasteiger partial charge in [-0.05, 0) is 51.4 Å². The predicted octanol–water partition coefficient (Wildman–Crippen LogP) is 6.26. The molecule has 2 nitrogen and oxygen atoms in total. The van der Waals surface area contributed by atoms with Crippen molar-refractivity contribution < 1.29 is 9.90 Å². The number of ketones is 1. The van der Waals surface area contributed by atoms with Crippen LogP contribution in [0.4, 0.5) is 0 Å². The van der Waals surface area contributed by atoms with E-state index >= 15 is 0 Å². The maximum absolute atomic E-state index is 12.4. The van der Waals surface area contributed by atoms with E-state index < -0.39 is 0 Å². The van der Waals surface area contributed by atoms with E-state index in [9.17, 15) is 9.90 Å². The van der Waals surface area contributed by atoms with Crippen LogP contribution in [0.2, 0.25) is 0 Å². The lowest BCUT2D eigenvalue weighted by atomic mass is 9.82. The molecule has 0 bridgehead atoms. The van der Waals surface area contributed by atoms with Gasteiger partial charge in [0.2, 0.25) is 0 Å². The fourth-order valence-corrected chi connectivity index (χ4v) is 4.05. The van der Waals surface area contributed by atoms with E-state index in [4.69, 9.17) is 0 Å².